The Balaban J connectivity index is 1.58. The summed E-state index contributed by atoms with van der Waals surface area (Å²) in [5.41, 5.74) is 1.70. The second kappa shape index (κ2) is 7.41. The predicted octanol–water partition coefficient (Wildman–Crippen LogP) is 4.02. The average Bonchev–Trinajstić information content (AvgIpc) is 2.57. The third kappa shape index (κ3) is 4.00. The number of rotatable bonds is 3. The molecule has 0 bridgehead atoms. The molecule has 24 heavy (non-hydrogen) atoms. The molecule has 0 unspecified atom stereocenters. The van der Waals surface area contributed by atoms with Crippen LogP contribution in [0.1, 0.15) is 5.56 Å². The molecule has 1 heterocycles. The van der Waals surface area contributed by atoms with Crippen LogP contribution in [0.15, 0.2) is 42.5 Å². The van der Waals surface area contributed by atoms with Crippen LogP contribution in [0.3, 0.4) is 0 Å². The number of nitrogens with zero attached hydrogens (tertiary/aromatic N) is 2. The zero-order chi connectivity index (χ0) is 17.1. The third-order valence-electron chi connectivity index (χ3n) is 4.15. The van der Waals surface area contributed by atoms with Gasteiger partial charge >= 0.3 is 0 Å². The van der Waals surface area contributed by atoms with Crippen LogP contribution in [0.25, 0.3) is 0 Å². The van der Waals surface area contributed by atoms with Crippen molar-refractivity contribution in [2.24, 2.45) is 0 Å². The number of halogens is 3. The first-order valence-corrected chi connectivity index (χ1v) is 8.51. The number of carbonyl (C=O) groups excluding carboxylic acids is 1. The van der Waals surface area contributed by atoms with Crippen molar-refractivity contribution in [3.63, 3.8) is 0 Å². The first-order valence-electron chi connectivity index (χ1n) is 7.75. The molecule has 3 nitrogen and oxygen atoms in total. The molecule has 0 spiro atoms. The lowest BCUT2D eigenvalue weighted by molar-refractivity contribution is -0.130. The van der Waals surface area contributed by atoms with E-state index in [-0.39, 0.29) is 18.1 Å². The monoisotopic (exact) mass is 366 g/mol. The van der Waals surface area contributed by atoms with Crippen LogP contribution >= 0.6 is 23.2 Å². The van der Waals surface area contributed by atoms with Gasteiger partial charge in [0.15, 0.2) is 0 Å². The highest BCUT2D eigenvalue weighted by atomic mass is 35.5. The molecule has 1 aliphatic rings. The van der Waals surface area contributed by atoms with Gasteiger partial charge in [-0.05, 0) is 35.9 Å². The zero-order valence-electron chi connectivity index (χ0n) is 13.0. The number of carbonyl (C=O) groups is 1. The molecule has 0 aliphatic carbocycles. The van der Waals surface area contributed by atoms with Crippen LogP contribution in [0, 0.1) is 5.82 Å². The van der Waals surface area contributed by atoms with E-state index in [0.717, 1.165) is 18.8 Å². The van der Waals surface area contributed by atoms with E-state index < -0.39 is 0 Å². The standard InChI is InChI=1S/C18H17Cl2FN2O/c19-16-5-4-15(12-17(16)20)22-6-8-23(9-7-22)18(24)11-13-2-1-3-14(21)10-13/h1-5,10,12H,6-9,11H2. The molecule has 1 fully saturated rings. The van der Waals surface area contributed by atoms with Crippen molar-refractivity contribution in [1.82, 2.24) is 4.90 Å². The largest absolute Gasteiger partial charge is 0.368 e. The lowest BCUT2D eigenvalue weighted by atomic mass is 10.1. The van der Waals surface area contributed by atoms with Crippen LogP contribution in [0.4, 0.5) is 10.1 Å². The molecule has 0 aromatic heterocycles. The van der Waals surface area contributed by atoms with Crippen molar-refractivity contribution < 1.29 is 9.18 Å². The molecular formula is C18H17Cl2FN2O. The predicted molar refractivity (Wildman–Crippen MR) is 95.4 cm³/mol. The number of piperazine rings is 1. The van der Waals surface area contributed by atoms with Gasteiger partial charge in [0.25, 0.3) is 0 Å². The summed E-state index contributed by atoms with van der Waals surface area (Å²) in [6.07, 6.45) is 0.227. The zero-order valence-corrected chi connectivity index (χ0v) is 14.5. The Morgan fingerprint density at radius 1 is 1.00 bits per heavy atom. The first-order chi connectivity index (χ1) is 11.5. The normalized spacial score (nSPS) is 14.8. The highest BCUT2D eigenvalue weighted by molar-refractivity contribution is 6.42. The van der Waals surface area contributed by atoms with Crippen LogP contribution in [0.5, 0.6) is 0 Å². The van der Waals surface area contributed by atoms with E-state index in [2.05, 4.69) is 4.90 Å². The number of hydrogen-bond acceptors (Lipinski definition) is 2. The molecule has 6 heteroatoms. The fraction of sp³-hybridized carbons (Fsp3) is 0.278. The van der Waals surface area contributed by atoms with Gasteiger partial charge in [-0.25, -0.2) is 4.39 Å². The van der Waals surface area contributed by atoms with E-state index >= 15 is 0 Å². The van der Waals surface area contributed by atoms with Gasteiger partial charge in [-0.3, -0.25) is 4.79 Å². The lowest BCUT2D eigenvalue weighted by Gasteiger charge is -2.36. The van der Waals surface area contributed by atoms with Crippen molar-refractivity contribution >= 4 is 34.8 Å². The van der Waals surface area contributed by atoms with E-state index in [0.29, 0.717) is 28.7 Å². The summed E-state index contributed by atoms with van der Waals surface area (Å²) in [7, 11) is 0. The van der Waals surface area contributed by atoms with Crippen molar-refractivity contribution in [3.05, 3.63) is 63.9 Å². The molecule has 126 valence electrons. The minimum absolute atomic E-state index is 0.0226. The van der Waals surface area contributed by atoms with Gasteiger partial charge in [0.1, 0.15) is 5.82 Å². The van der Waals surface area contributed by atoms with E-state index in [1.54, 1.807) is 18.2 Å². The Morgan fingerprint density at radius 3 is 2.42 bits per heavy atom. The Kier molecular flexibility index (Phi) is 5.27. The topological polar surface area (TPSA) is 23.6 Å². The summed E-state index contributed by atoms with van der Waals surface area (Å²) in [5.74, 6) is -0.292. The van der Waals surface area contributed by atoms with Crippen molar-refractivity contribution in [1.29, 1.82) is 0 Å². The van der Waals surface area contributed by atoms with Crippen molar-refractivity contribution in [3.8, 4) is 0 Å². The molecule has 1 amide bonds. The minimum atomic E-state index is -0.315. The van der Waals surface area contributed by atoms with Crippen molar-refractivity contribution in [2.75, 3.05) is 31.1 Å². The molecule has 0 saturated carbocycles. The second-order valence-electron chi connectivity index (χ2n) is 5.77. The van der Waals surface area contributed by atoms with Crippen LogP contribution in [0.2, 0.25) is 10.0 Å². The Labute approximate surface area is 150 Å². The number of hydrogen-bond donors (Lipinski definition) is 0. The summed E-state index contributed by atoms with van der Waals surface area (Å²) in [6, 6.07) is 11.7. The van der Waals surface area contributed by atoms with E-state index in [4.69, 9.17) is 23.2 Å². The molecule has 3 rings (SSSR count). The molecule has 2 aromatic rings. The number of anilines is 1. The quantitative estimate of drug-likeness (QED) is 0.818. The molecule has 0 N–H and O–H groups in total. The minimum Gasteiger partial charge on any atom is -0.368 e. The van der Waals surface area contributed by atoms with Gasteiger partial charge in [0, 0.05) is 31.9 Å². The Bertz CT molecular complexity index is 746. The van der Waals surface area contributed by atoms with E-state index in [1.165, 1.54) is 12.1 Å². The smallest absolute Gasteiger partial charge is 0.227 e. The van der Waals surface area contributed by atoms with Gasteiger partial charge in [0.2, 0.25) is 5.91 Å². The highest BCUT2D eigenvalue weighted by Crippen LogP contribution is 2.27. The highest BCUT2D eigenvalue weighted by Gasteiger charge is 2.21. The van der Waals surface area contributed by atoms with Gasteiger partial charge in [0.05, 0.1) is 16.5 Å². The lowest BCUT2D eigenvalue weighted by Crippen LogP contribution is -2.49. The molecule has 0 radical (unpaired) electrons. The van der Waals surface area contributed by atoms with E-state index in [9.17, 15) is 9.18 Å². The molecule has 0 atom stereocenters. The van der Waals surface area contributed by atoms with Gasteiger partial charge < -0.3 is 9.80 Å². The van der Waals surface area contributed by atoms with Gasteiger partial charge in [-0.2, -0.15) is 0 Å². The number of amides is 1. The summed E-state index contributed by atoms with van der Waals surface area (Å²) >= 11 is 12.0. The SMILES string of the molecule is O=C(Cc1cccc(F)c1)N1CCN(c2ccc(Cl)c(Cl)c2)CC1. The fourth-order valence-electron chi connectivity index (χ4n) is 2.83. The maximum Gasteiger partial charge on any atom is 0.227 e. The van der Waals surface area contributed by atoms with Crippen molar-refractivity contribution in [2.45, 2.75) is 6.42 Å². The third-order valence-corrected chi connectivity index (χ3v) is 4.88. The molecular weight excluding hydrogens is 350 g/mol. The van der Waals surface area contributed by atoms with Crippen LogP contribution in [-0.2, 0) is 11.2 Å². The summed E-state index contributed by atoms with van der Waals surface area (Å²) in [5, 5.41) is 1.06. The van der Waals surface area contributed by atoms with E-state index in [1.807, 2.05) is 17.0 Å². The second-order valence-corrected chi connectivity index (χ2v) is 6.59. The van der Waals surface area contributed by atoms with Crippen LogP contribution in [-0.4, -0.2) is 37.0 Å². The summed E-state index contributed by atoms with van der Waals surface area (Å²) in [6.45, 7) is 2.72. The molecule has 1 aliphatic heterocycles. The number of benzene rings is 2. The van der Waals surface area contributed by atoms with Crippen LogP contribution < -0.4 is 4.90 Å². The first kappa shape index (κ1) is 17.1. The molecule has 1 saturated heterocycles. The summed E-state index contributed by atoms with van der Waals surface area (Å²) in [4.78, 5) is 16.4. The summed E-state index contributed by atoms with van der Waals surface area (Å²) < 4.78 is 13.2. The average molecular weight is 367 g/mol. The maximum absolute atomic E-state index is 13.2. The van der Waals surface area contributed by atoms with Gasteiger partial charge in [-0.1, -0.05) is 35.3 Å². The van der Waals surface area contributed by atoms with Gasteiger partial charge in [-0.15, -0.1) is 0 Å². The molecule has 2 aromatic carbocycles. The Hall–Kier alpha value is -1.78. The fourth-order valence-corrected chi connectivity index (χ4v) is 3.12. The Morgan fingerprint density at radius 2 is 1.75 bits per heavy atom. The maximum atomic E-state index is 13.2.